The molecule has 0 fully saturated rings. The first-order chi connectivity index (χ1) is 35.0. The van der Waals surface area contributed by atoms with Gasteiger partial charge in [0.1, 0.15) is 0 Å². The molecule has 0 heterocycles. The third-order valence-electron chi connectivity index (χ3n) is 15.7. The van der Waals surface area contributed by atoms with Crippen molar-refractivity contribution in [3.05, 3.63) is 0 Å². The number of hydrogen-bond acceptors (Lipinski definition) is 5. The number of hydrogen-bond donors (Lipinski definition) is 3. The topological polar surface area (TPSA) is 95.9 Å². The number of aliphatic hydroxyl groups excluding tert-OH is 2. The lowest BCUT2D eigenvalue weighted by molar-refractivity contribution is -0.143. The molecule has 0 aliphatic heterocycles. The van der Waals surface area contributed by atoms with Gasteiger partial charge in [0.2, 0.25) is 5.91 Å². The highest BCUT2D eigenvalue weighted by Gasteiger charge is 2.20. The Morgan fingerprint density at radius 1 is 0.338 bits per heavy atom. The predicted octanol–water partition coefficient (Wildman–Crippen LogP) is 20.6. The summed E-state index contributed by atoms with van der Waals surface area (Å²) in [5, 5.41) is 23.4. The maximum atomic E-state index is 12.5. The minimum Gasteiger partial charge on any atom is -0.466 e. The van der Waals surface area contributed by atoms with Crippen LogP contribution in [0.15, 0.2) is 0 Å². The third kappa shape index (κ3) is 58.0. The van der Waals surface area contributed by atoms with Crippen LogP contribution in [0.1, 0.15) is 380 Å². The molecule has 0 aromatic carbocycles. The van der Waals surface area contributed by atoms with E-state index in [-0.39, 0.29) is 18.5 Å². The SMILES string of the molecule is CCCCCCCCCCCCCCCCCCCCCCCCC(O)C(CO)NC(=O)CCCCCCCCCCCCCCCCCCCCCCOC(=O)CCCCCCCCCCCCCC. The van der Waals surface area contributed by atoms with Gasteiger partial charge in [-0.2, -0.15) is 0 Å². The van der Waals surface area contributed by atoms with Crippen molar-refractivity contribution in [2.75, 3.05) is 13.2 Å². The highest BCUT2D eigenvalue weighted by molar-refractivity contribution is 5.76. The quantitative estimate of drug-likeness (QED) is 0.0417. The van der Waals surface area contributed by atoms with Crippen LogP contribution in [0.2, 0.25) is 0 Å². The molecule has 2 atom stereocenters. The molecule has 0 aliphatic carbocycles. The van der Waals surface area contributed by atoms with E-state index in [9.17, 15) is 19.8 Å². The molecule has 424 valence electrons. The predicted molar refractivity (Wildman–Crippen MR) is 310 cm³/mol. The summed E-state index contributed by atoms with van der Waals surface area (Å²) in [4.78, 5) is 24.6. The summed E-state index contributed by atoms with van der Waals surface area (Å²) in [6.07, 6.45) is 72.6. The maximum Gasteiger partial charge on any atom is 0.305 e. The normalized spacial score (nSPS) is 12.5. The number of unbranched alkanes of at least 4 members (excludes halogenated alkanes) is 51. The van der Waals surface area contributed by atoms with Crippen molar-refractivity contribution in [1.29, 1.82) is 0 Å². The summed E-state index contributed by atoms with van der Waals surface area (Å²) < 4.78 is 5.48. The summed E-state index contributed by atoms with van der Waals surface area (Å²) in [5.74, 6) is -0.0190. The molecule has 71 heavy (non-hydrogen) atoms. The number of carbonyl (C=O) groups is 2. The van der Waals surface area contributed by atoms with Crippen LogP contribution in [-0.4, -0.2) is 47.4 Å². The van der Waals surface area contributed by atoms with Crippen molar-refractivity contribution >= 4 is 11.9 Å². The molecular formula is C65H129NO5. The van der Waals surface area contributed by atoms with Gasteiger partial charge < -0.3 is 20.3 Å². The zero-order chi connectivity index (χ0) is 51.4. The number of nitrogens with one attached hydrogen (secondary N) is 1. The number of ether oxygens (including phenoxy) is 1. The lowest BCUT2D eigenvalue weighted by Gasteiger charge is -2.22. The zero-order valence-corrected chi connectivity index (χ0v) is 48.5. The second-order valence-electron chi connectivity index (χ2n) is 22.8. The van der Waals surface area contributed by atoms with Crippen LogP contribution < -0.4 is 5.32 Å². The van der Waals surface area contributed by atoms with Gasteiger partial charge in [0.05, 0.1) is 25.4 Å². The summed E-state index contributed by atoms with van der Waals surface area (Å²) in [6, 6.07) is -0.543. The number of rotatable bonds is 62. The van der Waals surface area contributed by atoms with E-state index in [0.717, 1.165) is 38.5 Å². The van der Waals surface area contributed by atoms with Crippen LogP contribution in [0.5, 0.6) is 0 Å². The first kappa shape index (κ1) is 69.9. The van der Waals surface area contributed by atoms with Gasteiger partial charge in [-0.3, -0.25) is 9.59 Å². The fourth-order valence-electron chi connectivity index (χ4n) is 10.6. The van der Waals surface area contributed by atoms with Gasteiger partial charge in [-0.15, -0.1) is 0 Å². The van der Waals surface area contributed by atoms with Crippen LogP contribution in [0.3, 0.4) is 0 Å². The Hall–Kier alpha value is -1.14. The molecule has 0 aromatic heterocycles. The van der Waals surface area contributed by atoms with E-state index in [0.29, 0.717) is 25.9 Å². The van der Waals surface area contributed by atoms with Gasteiger partial charge in [-0.25, -0.2) is 0 Å². The lowest BCUT2D eigenvalue weighted by atomic mass is 10.0. The van der Waals surface area contributed by atoms with Crippen molar-refractivity contribution < 1.29 is 24.5 Å². The Labute approximate surface area is 445 Å². The van der Waals surface area contributed by atoms with Gasteiger partial charge in [-0.1, -0.05) is 341 Å². The molecule has 0 spiro atoms. The van der Waals surface area contributed by atoms with Gasteiger partial charge >= 0.3 is 5.97 Å². The lowest BCUT2D eigenvalue weighted by Crippen LogP contribution is -2.45. The fourth-order valence-corrected chi connectivity index (χ4v) is 10.6. The largest absolute Gasteiger partial charge is 0.466 e. The molecule has 0 saturated heterocycles. The van der Waals surface area contributed by atoms with E-state index in [4.69, 9.17) is 4.74 Å². The third-order valence-corrected chi connectivity index (χ3v) is 15.7. The second-order valence-corrected chi connectivity index (χ2v) is 22.8. The number of amides is 1. The van der Waals surface area contributed by atoms with Gasteiger partial charge in [0, 0.05) is 12.8 Å². The Balaban J connectivity index is 3.38. The van der Waals surface area contributed by atoms with Crippen molar-refractivity contribution in [2.24, 2.45) is 0 Å². The van der Waals surface area contributed by atoms with Crippen molar-refractivity contribution in [3.8, 4) is 0 Å². The van der Waals surface area contributed by atoms with E-state index < -0.39 is 12.1 Å². The smallest absolute Gasteiger partial charge is 0.305 e. The molecule has 0 rings (SSSR count). The highest BCUT2D eigenvalue weighted by atomic mass is 16.5. The molecule has 0 bridgehead atoms. The van der Waals surface area contributed by atoms with Crippen LogP contribution >= 0.6 is 0 Å². The summed E-state index contributed by atoms with van der Waals surface area (Å²) in [6.45, 7) is 4.99. The van der Waals surface area contributed by atoms with E-state index in [1.807, 2.05) is 0 Å². The summed E-state index contributed by atoms with van der Waals surface area (Å²) in [5.41, 5.74) is 0. The van der Waals surface area contributed by atoms with Gasteiger partial charge in [-0.05, 0) is 25.7 Å². The standard InChI is InChI=1S/C65H129NO5/c1-3-5-7-9-11-13-15-17-18-19-20-21-22-25-28-31-34-37-41-45-49-53-57-63(68)62(61-67)66-64(69)58-54-50-46-42-38-35-32-29-26-23-24-27-30-33-36-40-44-48-52-56-60-71-65(70)59-55-51-47-43-39-16-14-12-10-8-6-4-2/h62-63,67-68H,3-61H2,1-2H3,(H,66,69). The summed E-state index contributed by atoms with van der Waals surface area (Å²) >= 11 is 0. The van der Waals surface area contributed by atoms with E-state index in [2.05, 4.69) is 19.2 Å². The molecule has 0 saturated carbocycles. The molecular weight excluding hydrogens is 875 g/mol. The average Bonchev–Trinajstić information content (AvgIpc) is 3.37. The van der Waals surface area contributed by atoms with E-state index >= 15 is 0 Å². The van der Waals surface area contributed by atoms with Crippen LogP contribution in [-0.2, 0) is 14.3 Å². The maximum absolute atomic E-state index is 12.5. The van der Waals surface area contributed by atoms with Crippen LogP contribution in [0.25, 0.3) is 0 Å². The molecule has 6 nitrogen and oxygen atoms in total. The van der Waals surface area contributed by atoms with Crippen LogP contribution in [0, 0.1) is 0 Å². The minimum absolute atomic E-state index is 0.0127. The Morgan fingerprint density at radius 2 is 0.577 bits per heavy atom. The molecule has 6 heteroatoms. The highest BCUT2D eigenvalue weighted by Crippen LogP contribution is 2.19. The number of esters is 1. The molecule has 2 unspecified atom stereocenters. The van der Waals surface area contributed by atoms with Crippen molar-refractivity contribution in [1.82, 2.24) is 5.32 Å². The zero-order valence-electron chi connectivity index (χ0n) is 48.5. The monoisotopic (exact) mass is 1000 g/mol. The van der Waals surface area contributed by atoms with Crippen molar-refractivity contribution in [2.45, 2.75) is 392 Å². The van der Waals surface area contributed by atoms with E-state index in [1.165, 1.54) is 308 Å². The molecule has 0 radical (unpaired) electrons. The molecule has 0 aromatic rings. The summed E-state index contributed by atoms with van der Waals surface area (Å²) in [7, 11) is 0. The Kier molecular flexibility index (Phi) is 60.4. The van der Waals surface area contributed by atoms with Crippen molar-refractivity contribution in [3.63, 3.8) is 0 Å². The van der Waals surface area contributed by atoms with Crippen LogP contribution in [0.4, 0.5) is 0 Å². The molecule has 0 aliphatic rings. The number of carbonyl (C=O) groups excluding carboxylic acids is 2. The minimum atomic E-state index is -0.665. The fraction of sp³-hybridized carbons (Fsp3) is 0.969. The van der Waals surface area contributed by atoms with Gasteiger partial charge in [0.25, 0.3) is 0 Å². The molecule has 1 amide bonds. The number of aliphatic hydroxyl groups is 2. The first-order valence-corrected chi connectivity index (χ1v) is 32.8. The second kappa shape index (κ2) is 61.4. The molecule has 3 N–H and O–H groups in total. The Morgan fingerprint density at radius 3 is 0.859 bits per heavy atom. The Bertz CT molecular complexity index is 1020. The van der Waals surface area contributed by atoms with Gasteiger partial charge in [0.15, 0.2) is 0 Å². The average molecular weight is 1000 g/mol. The van der Waals surface area contributed by atoms with E-state index in [1.54, 1.807) is 0 Å². The first-order valence-electron chi connectivity index (χ1n) is 32.8.